The molecule has 102 valence electrons. The molecule has 3 aromatic rings. The van der Waals surface area contributed by atoms with Crippen molar-refractivity contribution < 1.29 is 4.79 Å². The summed E-state index contributed by atoms with van der Waals surface area (Å²) in [5.41, 5.74) is 1.40. The van der Waals surface area contributed by atoms with Gasteiger partial charge in [-0.15, -0.1) is 0 Å². The second-order valence-electron chi connectivity index (χ2n) is 4.36. The standard InChI is InChI=1S/C13H13N5OS/c1-9-11(12(19)16-10-7-14-17(2)8-10)20-13(15-9)18-5-3-4-6-18/h3-8H,1-2H3,(H,16,19). The second kappa shape index (κ2) is 4.93. The Labute approximate surface area is 119 Å². The highest BCUT2D eigenvalue weighted by Crippen LogP contribution is 2.22. The van der Waals surface area contributed by atoms with Gasteiger partial charge in [-0.3, -0.25) is 9.48 Å². The van der Waals surface area contributed by atoms with Crippen molar-refractivity contribution in [3.8, 4) is 5.13 Å². The van der Waals surface area contributed by atoms with E-state index in [9.17, 15) is 4.79 Å². The predicted octanol–water partition coefficient (Wildman–Crippen LogP) is 2.23. The van der Waals surface area contributed by atoms with E-state index in [0.29, 0.717) is 10.6 Å². The van der Waals surface area contributed by atoms with E-state index >= 15 is 0 Å². The molecule has 0 unspecified atom stereocenters. The molecule has 3 aromatic heterocycles. The third-order valence-electron chi connectivity index (χ3n) is 2.78. The minimum absolute atomic E-state index is 0.161. The molecule has 20 heavy (non-hydrogen) atoms. The van der Waals surface area contributed by atoms with Gasteiger partial charge < -0.3 is 9.88 Å². The van der Waals surface area contributed by atoms with Gasteiger partial charge in [0.05, 0.1) is 17.6 Å². The fourth-order valence-corrected chi connectivity index (χ4v) is 2.77. The van der Waals surface area contributed by atoms with Crippen LogP contribution in [0.2, 0.25) is 0 Å². The molecule has 0 aliphatic heterocycles. The Morgan fingerprint density at radius 2 is 2.10 bits per heavy atom. The predicted molar refractivity (Wildman–Crippen MR) is 77.3 cm³/mol. The maximum absolute atomic E-state index is 12.2. The molecule has 6 nitrogen and oxygen atoms in total. The number of thiazole rings is 1. The molecule has 0 saturated carbocycles. The quantitative estimate of drug-likeness (QED) is 0.803. The number of nitrogens with zero attached hydrogens (tertiary/aromatic N) is 4. The van der Waals surface area contributed by atoms with Crippen LogP contribution in [-0.2, 0) is 7.05 Å². The molecule has 0 aromatic carbocycles. The lowest BCUT2D eigenvalue weighted by Crippen LogP contribution is -2.10. The number of hydrogen-bond acceptors (Lipinski definition) is 4. The van der Waals surface area contributed by atoms with Crippen molar-refractivity contribution in [2.24, 2.45) is 7.05 Å². The lowest BCUT2D eigenvalue weighted by molar-refractivity contribution is 0.103. The first kappa shape index (κ1) is 12.6. The van der Waals surface area contributed by atoms with Crippen molar-refractivity contribution in [2.45, 2.75) is 6.92 Å². The summed E-state index contributed by atoms with van der Waals surface area (Å²) < 4.78 is 3.53. The average Bonchev–Trinajstić information content (AvgIpc) is 3.09. The summed E-state index contributed by atoms with van der Waals surface area (Å²) in [7, 11) is 1.80. The van der Waals surface area contributed by atoms with Gasteiger partial charge in [-0.1, -0.05) is 11.3 Å². The van der Waals surface area contributed by atoms with E-state index in [0.717, 1.165) is 10.8 Å². The van der Waals surface area contributed by atoms with Gasteiger partial charge in [-0.25, -0.2) is 4.98 Å². The third-order valence-corrected chi connectivity index (χ3v) is 3.95. The maximum atomic E-state index is 12.2. The molecule has 0 aliphatic rings. The van der Waals surface area contributed by atoms with Crippen molar-refractivity contribution in [1.29, 1.82) is 0 Å². The van der Waals surface area contributed by atoms with Crippen LogP contribution in [-0.4, -0.2) is 25.2 Å². The minimum Gasteiger partial charge on any atom is -0.319 e. The van der Waals surface area contributed by atoms with E-state index in [1.54, 1.807) is 24.1 Å². The van der Waals surface area contributed by atoms with Crippen LogP contribution in [0.5, 0.6) is 0 Å². The smallest absolute Gasteiger partial charge is 0.267 e. The number of rotatable bonds is 3. The summed E-state index contributed by atoms with van der Waals surface area (Å²) in [5.74, 6) is -0.161. The summed E-state index contributed by atoms with van der Waals surface area (Å²) in [6, 6.07) is 3.85. The maximum Gasteiger partial charge on any atom is 0.267 e. The largest absolute Gasteiger partial charge is 0.319 e. The molecule has 7 heteroatoms. The van der Waals surface area contributed by atoms with Crippen LogP contribution in [0.15, 0.2) is 36.9 Å². The summed E-state index contributed by atoms with van der Waals surface area (Å²) >= 11 is 1.36. The fraction of sp³-hybridized carbons (Fsp3) is 0.154. The Hall–Kier alpha value is -2.41. The lowest BCUT2D eigenvalue weighted by Gasteiger charge is -1.99. The fourth-order valence-electron chi connectivity index (χ4n) is 1.84. The van der Waals surface area contributed by atoms with Crippen molar-refractivity contribution >= 4 is 22.9 Å². The number of aromatic nitrogens is 4. The zero-order chi connectivity index (χ0) is 14.1. The highest BCUT2D eigenvalue weighted by atomic mass is 32.1. The van der Waals surface area contributed by atoms with Gasteiger partial charge in [-0.2, -0.15) is 5.10 Å². The molecule has 3 rings (SSSR count). The first-order valence-electron chi connectivity index (χ1n) is 6.04. The number of amides is 1. The van der Waals surface area contributed by atoms with Crippen molar-refractivity contribution in [1.82, 2.24) is 19.3 Å². The van der Waals surface area contributed by atoms with E-state index in [1.165, 1.54) is 11.3 Å². The van der Waals surface area contributed by atoms with E-state index < -0.39 is 0 Å². The molecular weight excluding hydrogens is 274 g/mol. The summed E-state index contributed by atoms with van der Waals surface area (Å²) in [6.07, 6.45) is 7.17. The van der Waals surface area contributed by atoms with Crippen LogP contribution in [0.25, 0.3) is 5.13 Å². The normalized spacial score (nSPS) is 10.7. The van der Waals surface area contributed by atoms with Gasteiger partial charge in [0.15, 0.2) is 5.13 Å². The van der Waals surface area contributed by atoms with Gasteiger partial charge in [0.1, 0.15) is 4.88 Å². The molecule has 0 bridgehead atoms. The Morgan fingerprint density at radius 1 is 1.35 bits per heavy atom. The summed E-state index contributed by atoms with van der Waals surface area (Å²) in [6.45, 7) is 1.83. The van der Waals surface area contributed by atoms with E-state index in [2.05, 4.69) is 15.4 Å². The van der Waals surface area contributed by atoms with Crippen molar-refractivity contribution in [3.05, 3.63) is 47.5 Å². The zero-order valence-corrected chi connectivity index (χ0v) is 11.9. The van der Waals surface area contributed by atoms with Crippen molar-refractivity contribution in [3.63, 3.8) is 0 Å². The molecule has 1 N–H and O–H groups in total. The molecule has 0 fully saturated rings. The van der Waals surface area contributed by atoms with Gasteiger partial charge in [0, 0.05) is 25.6 Å². The Bertz CT molecular complexity index is 741. The van der Waals surface area contributed by atoms with Crippen LogP contribution in [0.3, 0.4) is 0 Å². The Balaban J connectivity index is 1.85. The van der Waals surface area contributed by atoms with Crippen LogP contribution in [0.4, 0.5) is 5.69 Å². The molecule has 0 spiro atoms. The lowest BCUT2D eigenvalue weighted by atomic mass is 10.3. The topological polar surface area (TPSA) is 64.7 Å². The van der Waals surface area contributed by atoms with Crippen LogP contribution < -0.4 is 5.32 Å². The van der Waals surface area contributed by atoms with E-state index in [1.807, 2.05) is 36.0 Å². The SMILES string of the molecule is Cc1nc(-n2cccc2)sc1C(=O)Nc1cnn(C)c1. The minimum atomic E-state index is -0.161. The molecule has 0 saturated heterocycles. The molecular formula is C13H13N5OS. The molecule has 3 heterocycles. The number of hydrogen-bond donors (Lipinski definition) is 1. The first-order chi connectivity index (χ1) is 9.63. The van der Waals surface area contributed by atoms with Gasteiger partial charge >= 0.3 is 0 Å². The molecule has 0 aliphatic carbocycles. The van der Waals surface area contributed by atoms with E-state index in [4.69, 9.17) is 0 Å². The third kappa shape index (κ3) is 2.35. The molecule has 0 radical (unpaired) electrons. The summed E-state index contributed by atoms with van der Waals surface area (Å²) in [5, 5.41) is 7.62. The monoisotopic (exact) mass is 287 g/mol. The Morgan fingerprint density at radius 3 is 2.75 bits per heavy atom. The molecule has 1 amide bonds. The summed E-state index contributed by atoms with van der Waals surface area (Å²) in [4.78, 5) is 17.3. The Kier molecular flexibility index (Phi) is 3.11. The molecule has 0 atom stereocenters. The number of aryl methyl sites for hydroxylation is 2. The number of carbonyl (C=O) groups excluding carboxylic acids is 1. The number of nitrogens with one attached hydrogen (secondary N) is 1. The zero-order valence-electron chi connectivity index (χ0n) is 11.1. The second-order valence-corrected chi connectivity index (χ2v) is 5.34. The first-order valence-corrected chi connectivity index (χ1v) is 6.86. The highest BCUT2D eigenvalue weighted by Gasteiger charge is 2.16. The van der Waals surface area contributed by atoms with Gasteiger partial charge in [0.2, 0.25) is 0 Å². The highest BCUT2D eigenvalue weighted by molar-refractivity contribution is 7.16. The van der Waals surface area contributed by atoms with Gasteiger partial charge in [-0.05, 0) is 19.1 Å². The number of anilines is 1. The van der Waals surface area contributed by atoms with Gasteiger partial charge in [0.25, 0.3) is 5.91 Å². The van der Waals surface area contributed by atoms with Crippen LogP contribution >= 0.6 is 11.3 Å². The van der Waals surface area contributed by atoms with Crippen molar-refractivity contribution in [2.75, 3.05) is 5.32 Å². The van der Waals surface area contributed by atoms with Crippen LogP contribution in [0, 0.1) is 6.92 Å². The number of carbonyl (C=O) groups is 1. The van der Waals surface area contributed by atoms with E-state index in [-0.39, 0.29) is 5.91 Å². The van der Waals surface area contributed by atoms with Crippen LogP contribution in [0.1, 0.15) is 15.4 Å². The average molecular weight is 287 g/mol.